The lowest BCUT2D eigenvalue weighted by molar-refractivity contribution is 0.218. The second kappa shape index (κ2) is 4.28. The summed E-state index contributed by atoms with van der Waals surface area (Å²) in [6, 6.07) is 0. The third-order valence-electron chi connectivity index (χ3n) is 2.36. The summed E-state index contributed by atoms with van der Waals surface area (Å²) in [5.74, 6) is 1.49. The van der Waals surface area contributed by atoms with Crippen molar-refractivity contribution in [2.45, 2.75) is 12.8 Å². The molecular formula is C9H15N3O. The largest absolute Gasteiger partial charge is 0.490 e. The number of nitrogens with one attached hydrogen (secondary N) is 2. The zero-order chi connectivity index (χ0) is 8.93. The van der Waals surface area contributed by atoms with Gasteiger partial charge in [0.2, 0.25) is 0 Å². The number of hydrogen-bond acceptors (Lipinski definition) is 3. The van der Waals surface area contributed by atoms with E-state index in [0.29, 0.717) is 5.92 Å². The predicted molar refractivity (Wildman–Crippen MR) is 49.7 cm³/mol. The van der Waals surface area contributed by atoms with Crippen LogP contribution in [0.4, 0.5) is 0 Å². The third kappa shape index (κ3) is 2.45. The van der Waals surface area contributed by atoms with Gasteiger partial charge in [0.1, 0.15) is 0 Å². The summed E-state index contributed by atoms with van der Waals surface area (Å²) in [7, 11) is 0. The highest BCUT2D eigenvalue weighted by molar-refractivity contribution is 5.10. The number of rotatable bonds is 3. The van der Waals surface area contributed by atoms with Crippen LogP contribution in [0.5, 0.6) is 5.75 Å². The van der Waals surface area contributed by atoms with Gasteiger partial charge in [0.15, 0.2) is 5.75 Å². The van der Waals surface area contributed by atoms with Crippen LogP contribution < -0.4 is 10.1 Å². The molecule has 0 aromatic carbocycles. The molecule has 1 aliphatic rings. The maximum absolute atomic E-state index is 5.55. The van der Waals surface area contributed by atoms with Gasteiger partial charge in [-0.1, -0.05) is 0 Å². The van der Waals surface area contributed by atoms with Crippen molar-refractivity contribution < 1.29 is 4.74 Å². The van der Waals surface area contributed by atoms with Crippen LogP contribution in [0.2, 0.25) is 0 Å². The molecule has 1 atom stereocenters. The Kier molecular flexibility index (Phi) is 2.82. The van der Waals surface area contributed by atoms with Crippen molar-refractivity contribution in [1.29, 1.82) is 0 Å². The maximum Gasteiger partial charge on any atom is 0.156 e. The van der Waals surface area contributed by atoms with Crippen LogP contribution in [0.3, 0.4) is 0 Å². The van der Waals surface area contributed by atoms with Gasteiger partial charge in [-0.05, 0) is 19.4 Å². The lowest BCUT2D eigenvalue weighted by atomic mass is 10.0. The first-order valence-electron chi connectivity index (χ1n) is 4.77. The van der Waals surface area contributed by atoms with Gasteiger partial charge < -0.3 is 10.1 Å². The fourth-order valence-corrected chi connectivity index (χ4v) is 1.60. The molecule has 1 fully saturated rings. The van der Waals surface area contributed by atoms with Gasteiger partial charge in [0, 0.05) is 12.5 Å². The highest BCUT2D eigenvalue weighted by Gasteiger charge is 2.13. The van der Waals surface area contributed by atoms with E-state index in [4.69, 9.17) is 4.74 Å². The normalized spacial score (nSPS) is 22.9. The fourth-order valence-electron chi connectivity index (χ4n) is 1.60. The number of H-pyrrole nitrogens is 1. The molecule has 0 aliphatic carbocycles. The molecule has 72 valence electrons. The van der Waals surface area contributed by atoms with E-state index in [1.165, 1.54) is 12.8 Å². The van der Waals surface area contributed by atoms with E-state index in [2.05, 4.69) is 15.5 Å². The molecule has 0 amide bonds. The standard InChI is InChI=1S/C9H15N3O/c1-2-8(4-10-3-1)7-13-9-5-11-12-6-9/h5-6,8,10H,1-4,7H2,(H,11,12). The number of nitrogens with zero attached hydrogens (tertiary/aromatic N) is 1. The van der Waals surface area contributed by atoms with E-state index in [1.807, 2.05) is 0 Å². The van der Waals surface area contributed by atoms with Gasteiger partial charge in [-0.2, -0.15) is 5.10 Å². The first-order chi connectivity index (χ1) is 6.45. The molecule has 1 unspecified atom stereocenters. The van der Waals surface area contributed by atoms with Gasteiger partial charge in [0.05, 0.1) is 19.0 Å². The Morgan fingerprint density at radius 3 is 3.31 bits per heavy atom. The van der Waals surface area contributed by atoms with Crippen LogP contribution in [-0.2, 0) is 0 Å². The Bertz CT molecular complexity index is 229. The molecule has 4 heteroatoms. The molecule has 0 radical (unpaired) electrons. The molecule has 2 N–H and O–H groups in total. The molecule has 1 aromatic heterocycles. The molecule has 0 saturated carbocycles. The zero-order valence-corrected chi connectivity index (χ0v) is 7.62. The van der Waals surface area contributed by atoms with Crippen molar-refractivity contribution in [3.05, 3.63) is 12.4 Å². The average molecular weight is 181 g/mol. The topological polar surface area (TPSA) is 49.9 Å². The van der Waals surface area contributed by atoms with Crippen LogP contribution >= 0.6 is 0 Å². The van der Waals surface area contributed by atoms with E-state index in [-0.39, 0.29) is 0 Å². The Hall–Kier alpha value is -1.03. The highest BCUT2D eigenvalue weighted by Crippen LogP contribution is 2.12. The molecular weight excluding hydrogens is 166 g/mol. The summed E-state index contributed by atoms with van der Waals surface area (Å²) in [6.45, 7) is 3.03. The van der Waals surface area contributed by atoms with Gasteiger partial charge in [-0.25, -0.2) is 0 Å². The molecule has 1 aromatic rings. The Morgan fingerprint density at radius 1 is 1.62 bits per heavy atom. The van der Waals surface area contributed by atoms with Gasteiger partial charge in [0.25, 0.3) is 0 Å². The quantitative estimate of drug-likeness (QED) is 0.724. The average Bonchev–Trinajstić information content (AvgIpc) is 2.69. The summed E-state index contributed by atoms with van der Waals surface area (Å²) < 4.78 is 5.55. The molecule has 1 saturated heterocycles. The van der Waals surface area contributed by atoms with E-state index in [9.17, 15) is 0 Å². The lowest BCUT2D eigenvalue weighted by Gasteiger charge is -2.22. The summed E-state index contributed by atoms with van der Waals surface area (Å²) >= 11 is 0. The molecule has 0 bridgehead atoms. The van der Waals surface area contributed by atoms with Crippen LogP contribution in [-0.4, -0.2) is 29.9 Å². The second-order valence-corrected chi connectivity index (χ2v) is 3.46. The van der Waals surface area contributed by atoms with Gasteiger partial charge in [-0.15, -0.1) is 0 Å². The second-order valence-electron chi connectivity index (χ2n) is 3.46. The first-order valence-corrected chi connectivity index (χ1v) is 4.77. The molecule has 1 aliphatic heterocycles. The van der Waals surface area contributed by atoms with E-state index in [1.54, 1.807) is 12.4 Å². The Balaban J connectivity index is 1.72. The molecule has 0 spiro atoms. The van der Waals surface area contributed by atoms with E-state index < -0.39 is 0 Å². The molecule has 2 heterocycles. The smallest absolute Gasteiger partial charge is 0.156 e. The van der Waals surface area contributed by atoms with Crippen molar-refractivity contribution in [2.75, 3.05) is 19.7 Å². The van der Waals surface area contributed by atoms with E-state index >= 15 is 0 Å². The Morgan fingerprint density at radius 2 is 2.62 bits per heavy atom. The summed E-state index contributed by atoms with van der Waals surface area (Å²) in [4.78, 5) is 0. The summed E-state index contributed by atoms with van der Waals surface area (Å²) in [5.41, 5.74) is 0. The van der Waals surface area contributed by atoms with Crippen LogP contribution in [0.15, 0.2) is 12.4 Å². The van der Waals surface area contributed by atoms with Crippen LogP contribution in [0, 0.1) is 5.92 Å². The zero-order valence-electron chi connectivity index (χ0n) is 7.62. The van der Waals surface area contributed by atoms with Crippen molar-refractivity contribution in [1.82, 2.24) is 15.5 Å². The summed E-state index contributed by atoms with van der Waals surface area (Å²) in [6.07, 6.45) is 6.01. The molecule has 4 nitrogen and oxygen atoms in total. The van der Waals surface area contributed by atoms with Crippen molar-refractivity contribution in [2.24, 2.45) is 5.92 Å². The minimum Gasteiger partial charge on any atom is -0.490 e. The monoisotopic (exact) mass is 181 g/mol. The number of hydrogen-bond donors (Lipinski definition) is 2. The van der Waals surface area contributed by atoms with Crippen LogP contribution in [0.1, 0.15) is 12.8 Å². The Labute approximate surface area is 77.7 Å². The maximum atomic E-state index is 5.55. The minimum atomic E-state index is 0.656. The number of aromatic nitrogens is 2. The number of ether oxygens (including phenoxy) is 1. The predicted octanol–water partition coefficient (Wildman–Crippen LogP) is 0.788. The van der Waals surface area contributed by atoms with Crippen LogP contribution in [0.25, 0.3) is 0 Å². The van der Waals surface area contributed by atoms with Gasteiger partial charge >= 0.3 is 0 Å². The van der Waals surface area contributed by atoms with Gasteiger partial charge in [-0.3, -0.25) is 5.10 Å². The van der Waals surface area contributed by atoms with E-state index in [0.717, 1.165) is 25.4 Å². The molecule has 2 rings (SSSR count). The summed E-state index contributed by atoms with van der Waals surface area (Å²) in [5, 5.41) is 9.91. The molecule has 13 heavy (non-hydrogen) atoms. The SMILES string of the molecule is c1n[nH]cc1OCC1CCCNC1. The highest BCUT2D eigenvalue weighted by atomic mass is 16.5. The lowest BCUT2D eigenvalue weighted by Crippen LogP contribution is -2.32. The van der Waals surface area contributed by atoms with Crippen molar-refractivity contribution in [3.8, 4) is 5.75 Å². The third-order valence-corrected chi connectivity index (χ3v) is 2.36. The van der Waals surface area contributed by atoms with Crippen molar-refractivity contribution >= 4 is 0 Å². The minimum absolute atomic E-state index is 0.656. The first kappa shape index (κ1) is 8.56. The number of aromatic amines is 1. The fraction of sp³-hybridized carbons (Fsp3) is 0.667. The van der Waals surface area contributed by atoms with Crippen molar-refractivity contribution in [3.63, 3.8) is 0 Å². The number of piperidine rings is 1.